The van der Waals surface area contributed by atoms with Gasteiger partial charge in [-0.25, -0.2) is 0 Å². The summed E-state index contributed by atoms with van der Waals surface area (Å²) in [6, 6.07) is 6.33. The average molecular weight is 455 g/mol. The number of nitrogens with zero attached hydrogens (tertiary/aromatic N) is 1. The van der Waals surface area contributed by atoms with Crippen LogP contribution in [0.5, 0.6) is 5.75 Å². The highest BCUT2D eigenvalue weighted by Gasteiger charge is 2.31. The van der Waals surface area contributed by atoms with Crippen LogP contribution in [0, 0.1) is 19.3 Å². The summed E-state index contributed by atoms with van der Waals surface area (Å²) < 4.78 is 5.95. The number of rotatable bonds is 10. The summed E-state index contributed by atoms with van der Waals surface area (Å²) in [6.07, 6.45) is 9.75. The SMILES string of the molecule is C/C=C\C(=C/CC)C(=O)N1CCC(NC(=O)C(C)(C)CCCOc2cc(C)ccc2C)CC1. The summed E-state index contributed by atoms with van der Waals surface area (Å²) in [7, 11) is 0. The molecule has 33 heavy (non-hydrogen) atoms. The second kappa shape index (κ2) is 12.6. The molecular formula is C28H42N2O3. The van der Waals surface area contributed by atoms with E-state index in [1.807, 2.05) is 57.7 Å². The van der Waals surface area contributed by atoms with Gasteiger partial charge in [-0.3, -0.25) is 9.59 Å². The van der Waals surface area contributed by atoms with E-state index in [0.717, 1.165) is 49.0 Å². The highest BCUT2D eigenvalue weighted by Crippen LogP contribution is 2.25. The molecule has 0 unspecified atom stereocenters. The van der Waals surface area contributed by atoms with E-state index in [1.165, 1.54) is 5.56 Å². The van der Waals surface area contributed by atoms with E-state index < -0.39 is 5.41 Å². The topological polar surface area (TPSA) is 58.6 Å². The second-order valence-corrected chi connectivity index (χ2v) is 9.71. The van der Waals surface area contributed by atoms with Crippen molar-refractivity contribution in [3.8, 4) is 5.75 Å². The number of amides is 2. The highest BCUT2D eigenvalue weighted by molar-refractivity contribution is 5.96. The van der Waals surface area contributed by atoms with Gasteiger partial charge >= 0.3 is 0 Å². The summed E-state index contributed by atoms with van der Waals surface area (Å²) >= 11 is 0. The summed E-state index contributed by atoms with van der Waals surface area (Å²) in [5, 5.41) is 3.23. The third kappa shape index (κ3) is 8.06. The van der Waals surface area contributed by atoms with Gasteiger partial charge < -0.3 is 15.0 Å². The first-order valence-corrected chi connectivity index (χ1v) is 12.3. The normalized spacial score (nSPS) is 15.7. The molecule has 5 heteroatoms. The van der Waals surface area contributed by atoms with Crippen molar-refractivity contribution in [2.24, 2.45) is 5.41 Å². The van der Waals surface area contributed by atoms with Crippen LogP contribution in [0.2, 0.25) is 0 Å². The van der Waals surface area contributed by atoms with Gasteiger partial charge in [0.15, 0.2) is 0 Å². The van der Waals surface area contributed by atoms with Crippen molar-refractivity contribution < 1.29 is 14.3 Å². The van der Waals surface area contributed by atoms with E-state index in [1.54, 1.807) is 0 Å². The Kier molecular flexibility index (Phi) is 10.2. The average Bonchev–Trinajstić information content (AvgIpc) is 2.78. The Morgan fingerprint density at radius 1 is 1.21 bits per heavy atom. The standard InChI is InChI=1S/C28H42N2O3/c1-7-10-23(11-8-2)26(31)30-17-14-24(15-18-30)29-27(32)28(5,6)16-9-19-33-25-20-21(3)12-13-22(25)4/h7,10-13,20,24H,8-9,14-19H2,1-6H3,(H,29,32)/b10-7-,23-11+. The van der Waals surface area contributed by atoms with E-state index in [0.29, 0.717) is 19.7 Å². The molecule has 5 nitrogen and oxygen atoms in total. The zero-order chi connectivity index (χ0) is 24.4. The molecule has 1 saturated heterocycles. The Labute approximate surface area is 200 Å². The monoisotopic (exact) mass is 454 g/mol. The fourth-order valence-electron chi connectivity index (χ4n) is 4.09. The van der Waals surface area contributed by atoms with Gasteiger partial charge in [0, 0.05) is 30.1 Å². The van der Waals surface area contributed by atoms with Crippen LogP contribution < -0.4 is 10.1 Å². The van der Waals surface area contributed by atoms with Gasteiger partial charge in [-0.15, -0.1) is 0 Å². The molecule has 1 N–H and O–H groups in total. The van der Waals surface area contributed by atoms with E-state index in [2.05, 4.69) is 30.4 Å². The zero-order valence-electron chi connectivity index (χ0n) is 21.4. The summed E-state index contributed by atoms with van der Waals surface area (Å²) in [4.78, 5) is 27.6. The third-order valence-corrected chi connectivity index (χ3v) is 6.30. The van der Waals surface area contributed by atoms with Crippen molar-refractivity contribution in [1.82, 2.24) is 10.2 Å². The minimum Gasteiger partial charge on any atom is -0.493 e. The number of nitrogens with one attached hydrogen (secondary N) is 1. The number of carbonyl (C=O) groups is 2. The molecule has 0 spiro atoms. The molecular weight excluding hydrogens is 412 g/mol. The van der Waals surface area contributed by atoms with Gasteiger partial charge in [0.25, 0.3) is 5.91 Å². The van der Waals surface area contributed by atoms with Crippen LogP contribution in [-0.2, 0) is 9.59 Å². The Bertz CT molecular complexity index is 862. The van der Waals surface area contributed by atoms with Crippen molar-refractivity contribution in [2.45, 2.75) is 79.7 Å². The highest BCUT2D eigenvalue weighted by atomic mass is 16.5. The maximum atomic E-state index is 12.9. The number of ether oxygens (including phenoxy) is 1. The van der Waals surface area contributed by atoms with Crippen molar-refractivity contribution in [3.63, 3.8) is 0 Å². The molecule has 0 bridgehead atoms. The molecule has 0 saturated carbocycles. The number of hydrogen-bond acceptors (Lipinski definition) is 3. The van der Waals surface area contributed by atoms with E-state index >= 15 is 0 Å². The van der Waals surface area contributed by atoms with Crippen LogP contribution >= 0.6 is 0 Å². The Balaban J connectivity index is 1.78. The quantitative estimate of drug-likeness (QED) is 0.288. The lowest BCUT2D eigenvalue weighted by atomic mass is 9.86. The molecule has 182 valence electrons. The van der Waals surface area contributed by atoms with Crippen molar-refractivity contribution in [3.05, 3.63) is 53.1 Å². The number of likely N-dealkylation sites (tertiary alicyclic amines) is 1. The number of benzene rings is 1. The number of aryl methyl sites for hydroxylation is 2. The Morgan fingerprint density at radius 3 is 2.55 bits per heavy atom. The molecule has 0 atom stereocenters. The minimum atomic E-state index is -0.457. The maximum absolute atomic E-state index is 12.9. The minimum absolute atomic E-state index is 0.0829. The fourth-order valence-corrected chi connectivity index (χ4v) is 4.09. The molecule has 1 heterocycles. The van der Waals surface area contributed by atoms with E-state index in [9.17, 15) is 9.59 Å². The van der Waals surface area contributed by atoms with Crippen LogP contribution in [0.25, 0.3) is 0 Å². The molecule has 0 aromatic heterocycles. The predicted octanol–water partition coefficient (Wildman–Crippen LogP) is 5.51. The fraction of sp³-hybridized carbons (Fsp3) is 0.571. The van der Waals surface area contributed by atoms with Gasteiger partial charge in [0.1, 0.15) is 5.75 Å². The van der Waals surface area contributed by atoms with E-state index in [-0.39, 0.29) is 17.9 Å². The molecule has 1 aliphatic rings. The lowest BCUT2D eigenvalue weighted by Gasteiger charge is -2.34. The van der Waals surface area contributed by atoms with Crippen LogP contribution in [0.15, 0.2) is 42.0 Å². The first kappa shape index (κ1) is 26.7. The van der Waals surface area contributed by atoms with Gasteiger partial charge in [-0.1, -0.05) is 51.1 Å². The van der Waals surface area contributed by atoms with Crippen molar-refractivity contribution >= 4 is 11.8 Å². The number of allylic oxidation sites excluding steroid dienone is 2. The molecule has 2 rings (SSSR count). The van der Waals surface area contributed by atoms with Crippen LogP contribution in [0.1, 0.15) is 70.9 Å². The van der Waals surface area contributed by atoms with Gasteiger partial charge in [-0.05, 0) is 70.1 Å². The molecule has 1 aromatic carbocycles. The third-order valence-electron chi connectivity index (χ3n) is 6.30. The van der Waals surface area contributed by atoms with Crippen LogP contribution in [0.3, 0.4) is 0 Å². The van der Waals surface area contributed by atoms with Crippen LogP contribution in [-0.4, -0.2) is 42.5 Å². The van der Waals surface area contributed by atoms with E-state index in [4.69, 9.17) is 4.74 Å². The molecule has 1 fully saturated rings. The molecule has 0 aliphatic carbocycles. The second-order valence-electron chi connectivity index (χ2n) is 9.71. The number of piperidine rings is 1. The summed E-state index contributed by atoms with van der Waals surface area (Å²) in [5.74, 6) is 1.09. The molecule has 1 aliphatic heterocycles. The van der Waals surface area contributed by atoms with Gasteiger partial charge in [-0.2, -0.15) is 0 Å². The first-order valence-electron chi connectivity index (χ1n) is 12.3. The summed E-state index contributed by atoms with van der Waals surface area (Å²) in [5.41, 5.74) is 2.61. The zero-order valence-corrected chi connectivity index (χ0v) is 21.4. The Hall–Kier alpha value is -2.56. The summed E-state index contributed by atoms with van der Waals surface area (Å²) in [6.45, 7) is 14.0. The molecule has 0 radical (unpaired) electrons. The first-order chi connectivity index (χ1) is 15.7. The lowest BCUT2D eigenvalue weighted by Crippen LogP contribution is -2.49. The maximum Gasteiger partial charge on any atom is 0.253 e. The number of hydrogen-bond donors (Lipinski definition) is 1. The van der Waals surface area contributed by atoms with Crippen molar-refractivity contribution in [1.29, 1.82) is 0 Å². The largest absolute Gasteiger partial charge is 0.493 e. The Morgan fingerprint density at radius 2 is 1.91 bits per heavy atom. The number of carbonyl (C=O) groups excluding carboxylic acids is 2. The molecule has 1 aromatic rings. The lowest BCUT2D eigenvalue weighted by molar-refractivity contribution is -0.131. The van der Waals surface area contributed by atoms with Gasteiger partial charge in [0.2, 0.25) is 5.91 Å². The molecule has 2 amide bonds. The predicted molar refractivity (Wildman–Crippen MR) is 135 cm³/mol. The van der Waals surface area contributed by atoms with Gasteiger partial charge in [0.05, 0.1) is 6.61 Å². The van der Waals surface area contributed by atoms with Crippen LogP contribution in [0.4, 0.5) is 0 Å². The smallest absolute Gasteiger partial charge is 0.253 e. The van der Waals surface area contributed by atoms with Crippen molar-refractivity contribution in [2.75, 3.05) is 19.7 Å².